The van der Waals surface area contributed by atoms with Crippen LogP contribution in [-0.2, 0) is 11.2 Å². The standard InChI is InChI=1S/C12H14F2O2/c1-8-12(15,2-3-16-8)7-9-4-10(13)6-11(14)5-9/h4-6,8,15H,2-3,7H2,1H3. The van der Waals surface area contributed by atoms with Gasteiger partial charge in [0.1, 0.15) is 11.6 Å². The van der Waals surface area contributed by atoms with Crippen molar-refractivity contribution >= 4 is 0 Å². The second-order valence-electron chi connectivity index (χ2n) is 4.32. The lowest BCUT2D eigenvalue weighted by Gasteiger charge is -2.26. The van der Waals surface area contributed by atoms with Crippen LogP contribution in [0.3, 0.4) is 0 Å². The Hall–Kier alpha value is -1.00. The van der Waals surface area contributed by atoms with E-state index in [1.807, 2.05) is 0 Å². The van der Waals surface area contributed by atoms with E-state index in [0.29, 0.717) is 18.6 Å². The topological polar surface area (TPSA) is 29.5 Å². The van der Waals surface area contributed by atoms with Gasteiger partial charge in [-0.15, -0.1) is 0 Å². The predicted octanol–water partition coefficient (Wildman–Crippen LogP) is 2.05. The molecule has 2 nitrogen and oxygen atoms in total. The Bertz CT molecular complexity index is 374. The van der Waals surface area contributed by atoms with Gasteiger partial charge in [0, 0.05) is 25.5 Å². The van der Waals surface area contributed by atoms with Crippen molar-refractivity contribution in [3.8, 4) is 0 Å². The summed E-state index contributed by atoms with van der Waals surface area (Å²) in [6.07, 6.45) is 0.397. The summed E-state index contributed by atoms with van der Waals surface area (Å²) in [5.41, 5.74) is -0.558. The Balaban J connectivity index is 2.20. The zero-order valence-corrected chi connectivity index (χ0v) is 9.04. The van der Waals surface area contributed by atoms with Gasteiger partial charge in [-0.05, 0) is 24.6 Å². The summed E-state index contributed by atoms with van der Waals surface area (Å²) in [6, 6.07) is 3.31. The number of ether oxygens (including phenoxy) is 1. The molecule has 0 amide bonds. The molecule has 0 saturated carbocycles. The molecule has 1 heterocycles. The monoisotopic (exact) mass is 228 g/mol. The van der Waals surface area contributed by atoms with Crippen LogP contribution in [0.15, 0.2) is 18.2 Å². The van der Waals surface area contributed by atoms with Gasteiger partial charge in [-0.1, -0.05) is 0 Å². The minimum Gasteiger partial charge on any atom is -0.387 e. The van der Waals surface area contributed by atoms with Crippen molar-refractivity contribution in [2.45, 2.75) is 31.5 Å². The maximum atomic E-state index is 13.0. The van der Waals surface area contributed by atoms with Crippen LogP contribution in [0.1, 0.15) is 18.9 Å². The largest absolute Gasteiger partial charge is 0.387 e. The van der Waals surface area contributed by atoms with Crippen molar-refractivity contribution in [1.82, 2.24) is 0 Å². The Labute approximate surface area is 92.9 Å². The van der Waals surface area contributed by atoms with Gasteiger partial charge in [0.15, 0.2) is 0 Å². The van der Waals surface area contributed by atoms with Gasteiger partial charge in [0.2, 0.25) is 0 Å². The van der Waals surface area contributed by atoms with E-state index in [0.717, 1.165) is 6.07 Å². The molecule has 2 unspecified atom stereocenters. The summed E-state index contributed by atoms with van der Waals surface area (Å²) in [5, 5.41) is 10.2. The minimum atomic E-state index is -1.01. The van der Waals surface area contributed by atoms with E-state index in [-0.39, 0.29) is 12.5 Å². The molecule has 0 radical (unpaired) electrons. The van der Waals surface area contributed by atoms with Crippen molar-refractivity contribution in [2.24, 2.45) is 0 Å². The third-order valence-electron chi connectivity index (χ3n) is 3.09. The molecular weight excluding hydrogens is 214 g/mol. The van der Waals surface area contributed by atoms with Crippen molar-refractivity contribution < 1.29 is 18.6 Å². The van der Waals surface area contributed by atoms with Crippen LogP contribution in [0.2, 0.25) is 0 Å². The van der Waals surface area contributed by atoms with E-state index in [9.17, 15) is 13.9 Å². The Kier molecular flexibility index (Phi) is 2.95. The first-order valence-corrected chi connectivity index (χ1v) is 5.28. The molecule has 1 aliphatic heterocycles. The zero-order chi connectivity index (χ0) is 11.8. The molecule has 0 aromatic heterocycles. The van der Waals surface area contributed by atoms with Crippen molar-refractivity contribution in [1.29, 1.82) is 0 Å². The number of halogens is 2. The lowest BCUT2D eigenvalue weighted by molar-refractivity contribution is -0.0269. The quantitative estimate of drug-likeness (QED) is 0.839. The van der Waals surface area contributed by atoms with Crippen LogP contribution in [0.5, 0.6) is 0 Å². The maximum Gasteiger partial charge on any atom is 0.126 e. The van der Waals surface area contributed by atoms with Crippen molar-refractivity contribution in [3.63, 3.8) is 0 Å². The molecule has 1 aliphatic rings. The van der Waals surface area contributed by atoms with E-state index in [2.05, 4.69) is 0 Å². The highest BCUT2D eigenvalue weighted by atomic mass is 19.1. The lowest BCUT2D eigenvalue weighted by Crippen LogP contribution is -2.38. The SMILES string of the molecule is CC1OCCC1(O)Cc1cc(F)cc(F)c1. The number of hydrogen-bond donors (Lipinski definition) is 1. The smallest absolute Gasteiger partial charge is 0.126 e. The lowest BCUT2D eigenvalue weighted by atomic mass is 9.89. The van der Waals surface area contributed by atoms with Gasteiger partial charge >= 0.3 is 0 Å². The van der Waals surface area contributed by atoms with Gasteiger partial charge in [-0.3, -0.25) is 0 Å². The van der Waals surface area contributed by atoms with E-state index < -0.39 is 17.2 Å². The first kappa shape index (κ1) is 11.5. The molecule has 4 heteroatoms. The summed E-state index contributed by atoms with van der Waals surface area (Å²) in [4.78, 5) is 0. The van der Waals surface area contributed by atoms with Crippen LogP contribution in [0, 0.1) is 11.6 Å². The van der Waals surface area contributed by atoms with Crippen LogP contribution >= 0.6 is 0 Å². The molecular formula is C12H14F2O2. The first-order valence-electron chi connectivity index (χ1n) is 5.28. The molecule has 0 aliphatic carbocycles. The second-order valence-corrected chi connectivity index (χ2v) is 4.32. The van der Waals surface area contributed by atoms with E-state index in [1.54, 1.807) is 6.92 Å². The molecule has 1 saturated heterocycles. The van der Waals surface area contributed by atoms with E-state index in [1.165, 1.54) is 12.1 Å². The van der Waals surface area contributed by atoms with E-state index >= 15 is 0 Å². The van der Waals surface area contributed by atoms with Gasteiger partial charge < -0.3 is 9.84 Å². The van der Waals surface area contributed by atoms with Crippen molar-refractivity contribution in [3.05, 3.63) is 35.4 Å². The van der Waals surface area contributed by atoms with Crippen LogP contribution in [0.4, 0.5) is 8.78 Å². The number of rotatable bonds is 2. The highest BCUT2D eigenvalue weighted by Crippen LogP contribution is 2.29. The van der Waals surface area contributed by atoms with Gasteiger partial charge in [-0.25, -0.2) is 8.78 Å². The average molecular weight is 228 g/mol. The van der Waals surface area contributed by atoms with Crippen LogP contribution in [0.25, 0.3) is 0 Å². The third-order valence-corrected chi connectivity index (χ3v) is 3.09. The fourth-order valence-corrected chi connectivity index (χ4v) is 2.07. The van der Waals surface area contributed by atoms with Crippen molar-refractivity contribution in [2.75, 3.05) is 6.61 Å². The third kappa shape index (κ3) is 2.23. The summed E-state index contributed by atoms with van der Waals surface area (Å²) in [7, 11) is 0. The average Bonchev–Trinajstić information content (AvgIpc) is 2.44. The zero-order valence-electron chi connectivity index (χ0n) is 9.04. The first-order chi connectivity index (χ1) is 7.49. The Morgan fingerprint density at radius 3 is 2.50 bits per heavy atom. The fraction of sp³-hybridized carbons (Fsp3) is 0.500. The maximum absolute atomic E-state index is 13.0. The fourth-order valence-electron chi connectivity index (χ4n) is 2.07. The van der Waals surface area contributed by atoms with Gasteiger partial charge in [-0.2, -0.15) is 0 Å². The summed E-state index contributed by atoms with van der Waals surface area (Å²) < 4.78 is 31.2. The molecule has 1 aromatic rings. The second kappa shape index (κ2) is 4.11. The van der Waals surface area contributed by atoms with Gasteiger partial charge in [0.05, 0.1) is 11.7 Å². The number of benzene rings is 1. The molecule has 0 spiro atoms. The molecule has 88 valence electrons. The molecule has 2 rings (SSSR count). The predicted molar refractivity (Wildman–Crippen MR) is 55.0 cm³/mol. The normalized spacial score (nSPS) is 29.6. The molecule has 1 aromatic carbocycles. The highest BCUT2D eigenvalue weighted by molar-refractivity contribution is 5.20. The molecule has 0 bridgehead atoms. The Morgan fingerprint density at radius 2 is 2.00 bits per heavy atom. The molecule has 2 atom stereocenters. The van der Waals surface area contributed by atoms with Crippen LogP contribution in [-0.4, -0.2) is 23.4 Å². The van der Waals surface area contributed by atoms with E-state index in [4.69, 9.17) is 4.74 Å². The molecule has 16 heavy (non-hydrogen) atoms. The number of aliphatic hydroxyl groups is 1. The Morgan fingerprint density at radius 1 is 1.38 bits per heavy atom. The minimum absolute atomic E-state index is 0.211. The van der Waals surface area contributed by atoms with Crippen LogP contribution < -0.4 is 0 Å². The summed E-state index contributed by atoms with van der Waals surface area (Å²) >= 11 is 0. The van der Waals surface area contributed by atoms with Gasteiger partial charge in [0.25, 0.3) is 0 Å². The summed E-state index contributed by atoms with van der Waals surface area (Å²) in [5.74, 6) is -1.24. The molecule has 1 N–H and O–H groups in total. The number of hydrogen-bond acceptors (Lipinski definition) is 2. The summed E-state index contributed by atoms with van der Waals surface area (Å²) in [6.45, 7) is 2.25. The highest BCUT2D eigenvalue weighted by Gasteiger charge is 2.39. The molecule has 1 fully saturated rings.